The van der Waals surface area contributed by atoms with E-state index in [4.69, 9.17) is 12.2 Å². The first kappa shape index (κ1) is 10.4. The number of hydrogen-bond acceptors (Lipinski definition) is 2. The molecule has 0 aliphatic heterocycles. The number of hydrogen-bond donors (Lipinski definition) is 1. The van der Waals surface area contributed by atoms with Gasteiger partial charge in [-0.15, -0.1) is 0 Å². The van der Waals surface area contributed by atoms with Crippen LogP contribution in [0.5, 0.6) is 0 Å². The van der Waals surface area contributed by atoms with Crippen LogP contribution >= 0.6 is 12.2 Å². The van der Waals surface area contributed by atoms with Crippen LogP contribution in [0.15, 0.2) is 6.33 Å². The monoisotopic (exact) mass is 199 g/mol. The minimum Gasteiger partial charge on any atom is -0.301 e. The Bertz CT molecular complexity index is 340. The summed E-state index contributed by atoms with van der Waals surface area (Å²) in [6.07, 6.45) is 1.76. The minimum atomic E-state index is -0.0307. The van der Waals surface area contributed by atoms with E-state index in [0.717, 1.165) is 0 Å². The van der Waals surface area contributed by atoms with Gasteiger partial charge in [0.2, 0.25) is 0 Å². The maximum Gasteiger partial charge on any atom is 0.195 e. The van der Waals surface area contributed by atoms with Gasteiger partial charge in [-0.3, -0.25) is 5.10 Å². The van der Waals surface area contributed by atoms with Gasteiger partial charge in [0.1, 0.15) is 6.33 Å². The highest BCUT2D eigenvalue weighted by Gasteiger charge is 2.34. The van der Waals surface area contributed by atoms with E-state index in [0.29, 0.717) is 4.77 Å². The lowest BCUT2D eigenvalue weighted by Crippen LogP contribution is -2.39. The van der Waals surface area contributed by atoms with E-state index < -0.39 is 0 Å². The SMILES string of the molecule is CC(C)(C)C(C)(C)n1cn[nH]c1=S. The van der Waals surface area contributed by atoms with Crippen LogP contribution in [0.25, 0.3) is 0 Å². The van der Waals surface area contributed by atoms with Crippen molar-refractivity contribution in [3.05, 3.63) is 11.1 Å². The first-order chi connectivity index (χ1) is 5.77. The summed E-state index contributed by atoms with van der Waals surface area (Å²) in [5.74, 6) is 0. The van der Waals surface area contributed by atoms with Crippen molar-refractivity contribution in [1.29, 1.82) is 0 Å². The van der Waals surface area contributed by atoms with E-state index in [1.54, 1.807) is 6.33 Å². The van der Waals surface area contributed by atoms with E-state index in [1.165, 1.54) is 0 Å². The fourth-order valence-electron chi connectivity index (χ4n) is 1.01. The van der Waals surface area contributed by atoms with Crippen LogP contribution in [0.1, 0.15) is 34.6 Å². The molecule has 0 unspecified atom stereocenters. The molecule has 1 rings (SSSR count). The zero-order valence-corrected chi connectivity index (χ0v) is 9.70. The van der Waals surface area contributed by atoms with E-state index in [2.05, 4.69) is 44.8 Å². The number of nitrogens with one attached hydrogen (secondary N) is 1. The molecule has 0 spiro atoms. The van der Waals surface area contributed by atoms with Crippen LogP contribution in [0.2, 0.25) is 0 Å². The molecule has 1 N–H and O–H groups in total. The predicted molar refractivity (Wildman–Crippen MR) is 56.2 cm³/mol. The average Bonchev–Trinajstić information content (AvgIpc) is 2.32. The maximum atomic E-state index is 5.15. The minimum absolute atomic E-state index is 0.0307. The topological polar surface area (TPSA) is 33.6 Å². The molecule has 0 aromatic carbocycles. The van der Waals surface area contributed by atoms with Crippen molar-refractivity contribution in [2.45, 2.75) is 40.2 Å². The second-order valence-corrected chi connectivity index (χ2v) is 5.23. The largest absolute Gasteiger partial charge is 0.301 e. The third-order valence-corrected chi connectivity index (χ3v) is 3.28. The van der Waals surface area contributed by atoms with Crippen molar-refractivity contribution in [2.24, 2.45) is 5.41 Å². The van der Waals surface area contributed by atoms with Crippen molar-refractivity contribution in [3.8, 4) is 0 Å². The zero-order valence-electron chi connectivity index (χ0n) is 8.88. The fourth-order valence-corrected chi connectivity index (χ4v) is 1.34. The Morgan fingerprint density at radius 2 is 1.85 bits per heavy atom. The predicted octanol–water partition coefficient (Wildman–Crippen LogP) is 2.72. The van der Waals surface area contributed by atoms with Gasteiger partial charge in [-0.1, -0.05) is 20.8 Å². The molecule has 0 saturated heterocycles. The molecule has 3 nitrogen and oxygen atoms in total. The van der Waals surface area contributed by atoms with Crippen molar-refractivity contribution in [1.82, 2.24) is 14.8 Å². The number of H-pyrrole nitrogens is 1. The van der Waals surface area contributed by atoms with Crippen LogP contribution in [-0.4, -0.2) is 14.8 Å². The molecule has 4 heteroatoms. The third kappa shape index (κ3) is 1.68. The Kier molecular flexibility index (Phi) is 2.36. The Hall–Kier alpha value is -0.640. The van der Waals surface area contributed by atoms with E-state index >= 15 is 0 Å². The molecule has 0 aliphatic carbocycles. The van der Waals surface area contributed by atoms with Crippen molar-refractivity contribution in [3.63, 3.8) is 0 Å². The molecule has 1 heterocycles. The molecule has 1 aromatic rings. The summed E-state index contributed by atoms with van der Waals surface area (Å²) in [7, 11) is 0. The fraction of sp³-hybridized carbons (Fsp3) is 0.778. The normalized spacial score (nSPS) is 13.3. The Morgan fingerprint density at radius 3 is 2.15 bits per heavy atom. The van der Waals surface area contributed by atoms with Gasteiger partial charge in [-0.05, 0) is 31.5 Å². The lowest BCUT2D eigenvalue weighted by atomic mass is 9.76. The molecule has 0 amide bonds. The highest BCUT2D eigenvalue weighted by Crippen LogP contribution is 2.35. The second-order valence-electron chi connectivity index (χ2n) is 4.84. The second kappa shape index (κ2) is 2.94. The molecule has 0 bridgehead atoms. The molecule has 0 radical (unpaired) electrons. The molecule has 13 heavy (non-hydrogen) atoms. The van der Waals surface area contributed by atoms with Gasteiger partial charge in [0.15, 0.2) is 4.77 Å². The molecule has 0 saturated carbocycles. The molecule has 74 valence electrons. The third-order valence-electron chi connectivity index (χ3n) is 2.99. The summed E-state index contributed by atoms with van der Waals surface area (Å²) < 4.78 is 2.68. The molecule has 0 atom stereocenters. The van der Waals surface area contributed by atoms with Crippen LogP contribution < -0.4 is 0 Å². The van der Waals surface area contributed by atoms with Gasteiger partial charge in [-0.25, -0.2) is 0 Å². The molecule has 0 aliphatic rings. The number of nitrogens with zero attached hydrogens (tertiary/aromatic N) is 2. The lowest BCUT2D eigenvalue weighted by molar-refractivity contribution is 0.138. The maximum absolute atomic E-state index is 5.15. The van der Waals surface area contributed by atoms with Crippen LogP contribution in [0, 0.1) is 10.2 Å². The summed E-state index contributed by atoms with van der Waals surface area (Å²) >= 11 is 5.15. The molecular formula is C9H17N3S. The highest BCUT2D eigenvalue weighted by atomic mass is 32.1. The van der Waals surface area contributed by atoms with Crippen molar-refractivity contribution < 1.29 is 0 Å². The number of aromatic amines is 1. The number of rotatable bonds is 1. The Balaban J connectivity index is 3.23. The van der Waals surface area contributed by atoms with Gasteiger partial charge in [-0.2, -0.15) is 5.10 Å². The Labute approximate surface area is 84.2 Å². The Morgan fingerprint density at radius 1 is 1.31 bits per heavy atom. The summed E-state index contributed by atoms with van der Waals surface area (Å²) in [6.45, 7) is 10.9. The van der Waals surface area contributed by atoms with Crippen molar-refractivity contribution >= 4 is 12.2 Å². The van der Waals surface area contributed by atoms with Gasteiger partial charge >= 0.3 is 0 Å². The lowest BCUT2D eigenvalue weighted by Gasteiger charge is -2.39. The smallest absolute Gasteiger partial charge is 0.195 e. The van der Waals surface area contributed by atoms with E-state index in [9.17, 15) is 0 Å². The van der Waals surface area contributed by atoms with Crippen LogP contribution in [0.4, 0.5) is 0 Å². The quantitative estimate of drug-likeness (QED) is 0.706. The summed E-state index contributed by atoms with van der Waals surface area (Å²) in [4.78, 5) is 0. The van der Waals surface area contributed by atoms with Gasteiger partial charge in [0.05, 0.1) is 0 Å². The molecular weight excluding hydrogens is 182 g/mol. The first-order valence-electron chi connectivity index (χ1n) is 4.39. The average molecular weight is 199 g/mol. The van der Waals surface area contributed by atoms with Gasteiger partial charge in [0.25, 0.3) is 0 Å². The highest BCUT2D eigenvalue weighted by molar-refractivity contribution is 7.71. The van der Waals surface area contributed by atoms with Gasteiger partial charge < -0.3 is 4.57 Å². The zero-order chi connectivity index (χ0) is 10.3. The molecule has 0 fully saturated rings. The molecule has 1 aromatic heterocycles. The van der Waals surface area contributed by atoms with Gasteiger partial charge in [0, 0.05) is 5.54 Å². The number of aromatic nitrogens is 3. The standard InChI is InChI=1S/C9H17N3S/c1-8(2,3)9(4,5)12-6-10-11-7(12)13/h6H,1-5H3,(H,11,13). The van der Waals surface area contributed by atoms with Crippen LogP contribution in [-0.2, 0) is 5.54 Å². The first-order valence-corrected chi connectivity index (χ1v) is 4.80. The van der Waals surface area contributed by atoms with E-state index in [1.807, 2.05) is 4.57 Å². The summed E-state index contributed by atoms with van der Waals surface area (Å²) in [5, 5.41) is 6.71. The van der Waals surface area contributed by atoms with Crippen LogP contribution in [0.3, 0.4) is 0 Å². The van der Waals surface area contributed by atoms with E-state index in [-0.39, 0.29) is 11.0 Å². The summed E-state index contributed by atoms with van der Waals surface area (Å²) in [5.41, 5.74) is 0.117. The summed E-state index contributed by atoms with van der Waals surface area (Å²) in [6, 6.07) is 0. The van der Waals surface area contributed by atoms with Crippen molar-refractivity contribution in [2.75, 3.05) is 0 Å².